The molecule has 1 aromatic carbocycles. The molecule has 15 nitrogen and oxygen atoms in total. The highest BCUT2D eigenvalue weighted by molar-refractivity contribution is 9.10. The second-order valence-corrected chi connectivity index (χ2v) is 7.93. The molecule has 4 rings (SSSR count). The fraction of sp³-hybridized carbons (Fsp3) is 0.294. The standard InChI is InChI=1S/C17H19BrN8O7/c18-7-2-1-6(3-8(7)26(31)32)4-20-24-17-21-10-13(22-16(19)23-14(10)30)25(17)15-12(29)11(28)9(5-27)33-15/h1-4,9,11-12,15,26-29,31H,5H2,(H,21,24)(H3,19,22,23,30)/b20-4-/t9-,11+,12-,15+/m0/s1. The van der Waals surface area contributed by atoms with Crippen LogP contribution in [0.5, 0.6) is 0 Å². The van der Waals surface area contributed by atoms with Gasteiger partial charge in [0.2, 0.25) is 11.9 Å². The molecule has 1 aliphatic rings. The number of aromatic amines is 1. The lowest BCUT2D eigenvalue weighted by Crippen LogP contribution is -2.99. The van der Waals surface area contributed by atoms with Gasteiger partial charge in [-0.3, -0.25) is 14.3 Å². The molecule has 0 amide bonds. The van der Waals surface area contributed by atoms with Gasteiger partial charge in [-0.25, -0.2) is 15.6 Å². The minimum Gasteiger partial charge on any atom is -0.595 e. The van der Waals surface area contributed by atoms with Crippen molar-refractivity contribution >= 4 is 50.9 Å². The van der Waals surface area contributed by atoms with Crippen LogP contribution in [0.3, 0.4) is 0 Å². The number of aliphatic hydroxyl groups is 3. The number of nitrogen functional groups attached to an aromatic ring is 1. The molecule has 5 atom stereocenters. The molecule has 0 bridgehead atoms. The van der Waals surface area contributed by atoms with Gasteiger partial charge in [0.1, 0.15) is 18.3 Å². The monoisotopic (exact) mass is 526 g/mol. The lowest BCUT2D eigenvalue weighted by molar-refractivity contribution is -0.991. The molecule has 3 heterocycles. The number of quaternary nitrogens is 1. The van der Waals surface area contributed by atoms with Crippen LogP contribution in [-0.4, -0.2) is 71.2 Å². The van der Waals surface area contributed by atoms with Gasteiger partial charge >= 0.3 is 0 Å². The van der Waals surface area contributed by atoms with Crippen LogP contribution in [0.15, 0.2) is 32.6 Å². The highest BCUT2D eigenvalue weighted by atomic mass is 79.9. The fourth-order valence-electron chi connectivity index (χ4n) is 3.37. The third-order valence-electron chi connectivity index (χ3n) is 4.94. The van der Waals surface area contributed by atoms with Crippen molar-refractivity contribution in [3.63, 3.8) is 0 Å². The summed E-state index contributed by atoms with van der Waals surface area (Å²) in [6.45, 7) is -0.562. The van der Waals surface area contributed by atoms with Crippen LogP contribution in [0.25, 0.3) is 11.2 Å². The number of anilines is 2. The number of benzene rings is 1. The maximum Gasteiger partial charge on any atom is 0.280 e. The Morgan fingerprint density at radius 2 is 2.15 bits per heavy atom. The van der Waals surface area contributed by atoms with E-state index in [-0.39, 0.29) is 28.7 Å². The van der Waals surface area contributed by atoms with Crippen LogP contribution in [0.2, 0.25) is 0 Å². The summed E-state index contributed by atoms with van der Waals surface area (Å²) in [6.07, 6.45) is -3.96. The Labute approximate surface area is 192 Å². The van der Waals surface area contributed by atoms with E-state index in [0.717, 1.165) is 0 Å². The van der Waals surface area contributed by atoms with E-state index in [4.69, 9.17) is 10.5 Å². The summed E-state index contributed by atoms with van der Waals surface area (Å²) in [5.41, 5.74) is 7.86. The Kier molecular flexibility index (Phi) is 6.41. The molecule has 0 saturated carbocycles. The summed E-state index contributed by atoms with van der Waals surface area (Å²) < 4.78 is 7.13. The van der Waals surface area contributed by atoms with Crippen LogP contribution in [0.4, 0.5) is 17.6 Å². The van der Waals surface area contributed by atoms with E-state index in [9.17, 15) is 30.5 Å². The number of halogens is 1. The van der Waals surface area contributed by atoms with Crippen LogP contribution in [0.1, 0.15) is 11.8 Å². The minimum absolute atomic E-state index is 0.0314. The summed E-state index contributed by atoms with van der Waals surface area (Å²) in [5, 5.41) is 53.4. The predicted molar refractivity (Wildman–Crippen MR) is 117 cm³/mol. The molecule has 2 aromatic heterocycles. The number of aromatic nitrogens is 4. The van der Waals surface area contributed by atoms with E-state index >= 15 is 0 Å². The molecule has 33 heavy (non-hydrogen) atoms. The van der Waals surface area contributed by atoms with E-state index in [1.807, 2.05) is 0 Å². The molecule has 0 spiro atoms. The second-order valence-electron chi connectivity index (χ2n) is 7.07. The maximum absolute atomic E-state index is 12.3. The molecular formula is C17H19BrN8O7. The van der Waals surface area contributed by atoms with E-state index in [2.05, 4.69) is 41.4 Å². The van der Waals surface area contributed by atoms with E-state index in [1.54, 1.807) is 12.1 Å². The minimum atomic E-state index is -1.49. The van der Waals surface area contributed by atoms with Gasteiger partial charge in [0.05, 0.1) is 17.3 Å². The lowest BCUT2D eigenvalue weighted by atomic mass is 10.1. The van der Waals surface area contributed by atoms with Crippen LogP contribution in [0, 0.1) is 5.21 Å². The number of nitrogens with one attached hydrogen (secondary N) is 3. The van der Waals surface area contributed by atoms with Gasteiger partial charge in [-0.1, -0.05) is 6.07 Å². The smallest absolute Gasteiger partial charge is 0.280 e. The van der Waals surface area contributed by atoms with Crippen molar-refractivity contribution in [2.24, 2.45) is 5.10 Å². The molecule has 1 fully saturated rings. The molecule has 9 N–H and O–H groups in total. The zero-order valence-corrected chi connectivity index (χ0v) is 18.2. The molecule has 1 aliphatic heterocycles. The first-order valence-corrected chi connectivity index (χ1v) is 10.2. The number of imidazole rings is 1. The van der Waals surface area contributed by atoms with Crippen LogP contribution < -0.4 is 21.9 Å². The molecule has 1 saturated heterocycles. The van der Waals surface area contributed by atoms with E-state index in [1.165, 1.54) is 16.8 Å². The first-order valence-electron chi connectivity index (χ1n) is 9.43. The van der Waals surface area contributed by atoms with E-state index < -0.39 is 41.9 Å². The third kappa shape index (κ3) is 4.33. The van der Waals surface area contributed by atoms with E-state index in [0.29, 0.717) is 10.0 Å². The van der Waals surface area contributed by atoms with Gasteiger partial charge in [-0.05, 0) is 22.0 Å². The summed E-state index contributed by atoms with van der Waals surface area (Å²) in [5.74, 6) is -0.304. The number of hydrazone groups is 1. The summed E-state index contributed by atoms with van der Waals surface area (Å²) in [4.78, 5) is 22.8. The van der Waals surface area contributed by atoms with Crippen molar-refractivity contribution in [3.8, 4) is 0 Å². The van der Waals surface area contributed by atoms with Crippen molar-refractivity contribution in [3.05, 3.63) is 43.8 Å². The highest BCUT2D eigenvalue weighted by Gasteiger charge is 2.45. The second kappa shape index (κ2) is 9.12. The Morgan fingerprint density at radius 3 is 2.82 bits per heavy atom. The molecule has 16 heteroatoms. The highest BCUT2D eigenvalue weighted by Crippen LogP contribution is 2.34. The predicted octanol–water partition coefficient (Wildman–Crippen LogP) is -2.07. The number of aliphatic hydroxyl groups excluding tert-OH is 3. The van der Waals surface area contributed by atoms with Gasteiger partial charge < -0.3 is 31.0 Å². The largest absolute Gasteiger partial charge is 0.595 e. The zero-order valence-electron chi connectivity index (χ0n) is 16.6. The number of nitrogens with zero attached hydrogens (tertiary/aromatic N) is 4. The zero-order chi connectivity index (χ0) is 23.9. The quantitative estimate of drug-likeness (QED) is 0.128. The number of nitrogens with two attached hydrogens (primary N) is 1. The number of hydrogen-bond donors (Lipinski definition) is 8. The molecule has 176 valence electrons. The number of fused-ring (bicyclic) bond motifs is 1. The fourth-order valence-corrected chi connectivity index (χ4v) is 3.78. The number of ether oxygens (including phenoxy) is 1. The summed E-state index contributed by atoms with van der Waals surface area (Å²) in [7, 11) is 0. The van der Waals surface area contributed by atoms with Gasteiger partial charge in [0.15, 0.2) is 23.1 Å². The molecule has 3 aromatic rings. The SMILES string of the molecule is Nc1nc2c(nc(N/N=C\c3ccc(Br)c([NH+]([O-])O)c3)n2[C@@H]2O[C@@H](CO)[C@@H](O)[C@@H]2O)c(=O)[nH]1. The van der Waals surface area contributed by atoms with Crippen molar-refractivity contribution in [1.29, 1.82) is 0 Å². The molecule has 0 radical (unpaired) electrons. The lowest BCUT2D eigenvalue weighted by Gasteiger charge is -2.18. The maximum atomic E-state index is 12.3. The van der Waals surface area contributed by atoms with Gasteiger partial charge in [0, 0.05) is 11.6 Å². The Bertz CT molecular complexity index is 1260. The van der Waals surface area contributed by atoms with Gasteiger partial charge in [0.25, 0.3) is 5.56 Å². The first kappa shape index (κ1) is 23.2. The molecule has 0 aliphatic carbocycles. The Balaban J connectivity index is 1.73. The average molecular weight is 527 g/mol. The topological polar surface area (TPSA) is 232 Å². The van der Waals surface area contributed by atoms with Gasteiger partial charge in [-0.2, -0.15) is 15.3 Å². The van der Waals surface area contributed by atoms with Crippen molar-refractivity contribution in [1.82, 2.24) is 19.5 Å². The van der Waals surface area contributed by atoms with Gasteiger partial charge in [-0.15, -0.1) is 0 Å². The summed E-state index contributed by atoms with van der Waals surface area (Å²) >= 11 is 3.16. The molecule has 1 unspecified atom stereocenters. The van der Waals surface area contributed by atoms with Crippen LogP contribution >= 0.6 is 15.9 Å². The van der Waals surface area contributed by atoms with Crippen molar-refractivity contribution in [2.45, 2.75) is 24.5 Å². The van der Waals surface area contributed by atoms with Crippen LogP contribution in [-0.2, 0) is 4.74 Å². The Hall–Kier alpha value is -2.96. The van der Waals surface area contributed by atoms with Crippen molar-refractivity contribution < 1.29 is 30.5 Å². The number of H-pyrrole nitrogens is 1. The first-order chi connectivity index (χ1) is 15.7. The number of rotatable bonds is 6. The Morgan fingerprint density at radius 1 is 1.39 bits per heavy atom. The summed E-state index contributed by atoms with van der Waals surface area (Å²) in [6, 6.07) is 4.55. The van der Waals surface area contributed by atoms with Crippen molar-refractivity contribution in [2.75, 3.05) is 17.8 Å². The molecular weight excluding hydrogens is 508 g/mol. The average Bonchev–Trinajstić information content (AvgIpc) is 3.26. The number of hydrogen-bond acceptors (Lipinski definition) is 12. The normalized spacial score (nSPS) is 24.1. The third-order valence-corrected chi connectivity index (χ3v) is 5.63.